The number of rotatable bonds is 4. The summed E-state index contributed by atoms with van der Waals surface area (Å²) in [5, 5.41) is 17.5. The fourth-order valence-electron chi connectivity index (χ4n) is 1.61. The number of nitrogens with zero attached hydrogens (tertiary/aromatic N) is 2. The van der Waals surface area contributed by atoms with Crippen LogP contribution in [0.3, 0.4) is 0 Å². The van der Waals surface area contributed by atoms with Crippen molar-refractivity contribution in [3.63, 3.8) is 0 Å². The molecule has 0 aromatic carbocycles. The van der Waals surface area contributed by atoms with Crippen LogP contribution in [-0.2, 0) is 7.05 Å². The smallest absolute Gasteiger partial charge is 0.0741 e. The van der Waals surface area contributed by atoms with Gasteiger partial charge >= 0.3 is 0 Å². The average Bonchev–Trinajstić information content (AvgIpc) is 2.46. The van der Waals surface area contributed by atoms with E-state index in [0.717, 1.165) is 5.69 Å². The topological polar surface area (TPSA) is 50.1 Å². The van der Waals surface area contributed by atoms with Crippen LogP contribution in [0.5, 0.6) is 0 Å². The molecular formula is C12H23N3O. The zero-order valence-corrected chi connectivity index (χ0v) is 11.1. The fraction of sp³-hybridized carbons (Fsp3) is 0.750. The van der Waals surface area contributed by atoms with Crippen molar-refractivity contribution in [2.45, 2.75) is 52.3 Å². The van der Waals surface area contributed by atoms with Gasteiger partial charge in [-0.25, -0.2) is 0 Å². The van der Waals surface area contributed by atoms with E-state index in [1.54, 1.807) is 0 Å². The third-order valence-electron chi connectivity index (χ3n) is 3.30. The van der Waals surface area contributed by atoms with Crippen LogP contribution in [0.1, 0.15) is 45.0 Å². The Morgan fingerprint density at radius 2 is 2.00 bits per heavy atom. The molecule has 92 valence electrons. The third kappa shape index (κ3) is 2.83. The summed E-state index contributed by atoms with van der Waals surface area (Å²) in [6, 6.07) is 0.220. The van der Waals surface area contributed by atoms with Gasteiger partial charge in [-0.05, 0) is 34.6 Å². The molecule has 2 N–H and O–H groups in total. The summed E-state index contributed by atoms with van der Waals surface area (Å²) >= 11 is 0. The van der Waals surface area contributed by atoms with Gasteiger partial charge < -0.3 is 10.4 Å². The van der Waals surface area contributed by atoms with Crippen molar-refractivity contribution in [2.24, 2.45) is 7.05 Å². The molecule has 2 atom stereocenters. The second-order valence-electron chi connectivity index (χ2n) is 5.07. The van der Waals surface area contributed by atoms with E-state index in [9.17, 15) is 5.11 Å². The first kappa shape index (κ1) is 13.2. The van der Waals surface area contributed by atoms with Crippen molar-refractivity contribution in [1.82, 2.24) is 15.1 Å². The van der Waals surface area contributed by atoms with Crippen molar-refractivity contribution in [3.05, 3.63) is 17.5 Å². The zero-order valence-electron chi connectivity index (χ0n) is 11.1. The summed E-state index contributed by atoms with van der Waals surface area (Å²) in [6.07, 6.45) is 1.88. The van der Waals surface area contributed by atoms with Gasteiger partial charge in [-0.2, -0.15) is 5.10 Å². The van der Waals surface area contributed by atoms with Gasteiger partial charge in [-0.1, -0.05) is 0 Å². The molecule has 0 saturated heterocycles. The Morgan fingerprint density at radius 1 is 1.44 bits per heavy atom. The molecule has 1 rings (SSSR count). The van der Waals surface area contributed by atoms with Crippen LogP contribution in [0.15, 0.2) is 6.20 Å². The largest absolute Gasteiger partial charge is 0.389 e. The van der Waals surface area contributed by atoms with Gasteiger partial charge in [0.15, 0.2) is 0 Å². The summed E-state index contributed by atoms with van der Waals surface area (Å²) in [7, 11) is 1.94. The monoisotopic (exact) mass is 225 g/mol. The van der Waals surface area contributed by atoms with Crippen LogP contribution in [0, 0.1) is 6.92 Å². The second-order valence-corrected chi connectivity index (χ2v) is 5.07. The van der Waals surface area contributed by atoms with Gasteiger partial charge in [0.2, 0.25) is 0 Å². The molecule has 0 saturated carbocycles. The molecule has 1 aromatic heterocycles. The van der Waals surface area contributed by atoms with Crippen molar-refractivity contribution in [1.29, 1.82) is 0 Å². The molecule has 0 aliphatic rings. The van der Waals surface area contributed by atoms with E-state index in [1.165, 1.54) is 5.56 Å². The van der Waals surface area contributed by atoms with E-state index in [4.69, 9.17) is 0 Å². The molecule has 0 fully saturated rings. The predicted octanol–water partition coefficient (Wildman–Crippen LogP) is 1.54. The lowest BCUT2D eigenvalue weighted by Gasteiger charge is -2.29. The van der Waals surface area contributed by atoms with Crippen LogP contribution in [0.4, 0.5) is 0 Å². The molecule has 1 aromatic rings. The van der Waals surface area contributed by atoms with Crippen molar-refractivity contribution >= 4 is 0 Å². The van der Waals surface area contributed by atoms with Gasteiger partial charge in [0.25, 0.3) is 0 Å². The summed E-state index contributed by atoms with van der Waals surface area (Å²) < 4.78 is 1.86. The van der Waals surface area contributed by atoms with Crippen LogP contribution in [-0.4, -0.2) is 26.5 Å². The lowest BCUT2D eigenvalue weighted by Crippen LogP contribution is -2.45. The summed E-state index contributed by atoms with van der Waals surface area (Å²) in [5.41, 5.74) is 1.62. The Kier molecular flexibility index (Phi) is 3.76. The number of aryl methyl sites for hydroxylation is 1. The highest BCUT2D eigenvalue weighted by Crippen LogP contribution is 2.19. The van der Waals surface area contributed by atoms with E-state index < -0.39 is 5.60 Å². The van der Waals surface area contributed by atoms with Crippen LogP contribution < -0.4 is 5.32 Å². The van der Waals surface area contributed by atoms with Crippen LogP contribution in [0.25, 0.3) is 0 Å². The second kappa shape index (κ2) is 4.55. The first-order valence-corrected chi connectivity index (χ1v) is 5.70. The Bertz CT molecular complexity index is 352. The van der Waals surface area contributed by atoms with Crippen LogP contribution >= 0.6 is 0 Å². The SMILES string of the molecule is Cc1c(C(C)NC(C)C(C)(C)O)cnn1C. The maximum absolute atomic E-state index is 9.87. The van der Waals surface area contributed by atoms with Crippen molar-refractivity contribution in [3.8, 4) is 0 Å². The summed E-state index contributed by atoms with van der Waals surface area (Å²) in [4.78, 5) is 0. The molecule has 1 heterocycles. The maximum atomic E-state index is 9.87. The van der Waals surface area contributed by atoms with Gasteiger partial charge in [-0.3, -0.25) is 4.68 Å². The molecule has 16 heavy (non-hydrogen) atoms. The maximum Gasteiger partial charge on any atom is 0.0741 e. The Balaban J connectivity index is 2.73. The molecule has 0 bridgehead atoms. The van der Waals surface area contributed by atoms with Gasteiger partial charge in [-0.15, -0.1) is 0 Å². The molecule has 0 radical (unpaired) electrons. The molecule has 2 unspecified atom stereocenters. The molecule has 4 heteroatoms. The normalized spacial score (nSPS) is 16.2. The van der Waals surface area contributed by atoms with Gasteiger partial charge in [0, 0.05) is 30.4 Å². The average molecular weight is 225 g/mol. The standard InChI is InChI=1S/C12H23N3O/c1-8(14-10(3)12(4,5)16)11-7-13-15(6)9(11)2/h7-8,10,14,16H,1-6H3. The number of hydrogen-bond donors (Lipinski definition) is 2. The van der Waals surface area contributed by atoms with E-state index in [-0.39, 0.29) is 12.1 Å². The Hall–Kier alpha value is -0.870. The number of nitrogens with one attached hydrogen (secondary N) is 1. The highest BCUT2D eigenvalue weighted by atomic mass is 16.3. The lowest BCUT2D eigenvalue weighted by atomic mass is 9.99. The van der Waals surface area contributed by atoms with Crippen molar-refractivity contribution in [2.75, 3.05) is 0 Å². The van der Waals surface area contributed by atoms with E-state index in [0.29, 0.717) is 0 Å². The molecule has 0 aliphatic carbocycles. The summed E-state index contributed by atoms with van der Waals surface area (Å²) in [5.74, 6) is 0. The molecule has 0 aliphatic heterocycles. The fourth-order valence-corrected chi connectivity index (χ4v) is 1.61. The minimum atomic E-state index is -0.718. The molecular weight excluding hydrogens is 202 g/mol. The van der Waals surface area contributed by atoms with Gasteiger partial charge in [0.05, 0.1) is 11.8 Å². The first-order valence-electron chi connectivity index (χ1n) is 5.70. The minimum Gasteiger partial charge on any atom is -0.389 e. The Morgan fingerprint density at radius 3 is 2.38 bits per heavy atom. The number of hydrogen-bond acceptors (Lipinski definition) is 3. The lowest BCUT2D eigenvalue weighted by molar-refractivity contribution is 0.0405. The zero-order chi connectivity index (χ0) is 12.5. The highest BCUT2D eigenvalue weighted by Gasteiger charge is 2.24. The Labute approximate surface area is 97.7 Å². The van der Waals surface area contributed by atoms with Crippen LogP contribution in [0.2, 0.25) is 0 Å². The molecule has 0 spiro atoms. The quantitative estimate of drug-likeness (QED) is 0.817. The highest BCUT2D eigenvalue weighted by molar-refractivity contribution is 5.20. The predicted molar refractivity (Wildman–Crippen MR) is 65.3 cm³/mol. The van der Waals surface area contributed by atoms with Gasteiger partial charge in [0.1, 0.15) is 0 Å². The summed E-state index contributed by atoms with van der Waals surface area (Å²) in [6.45, 7) is 9.75. The van der Waals surface area contributed by atoms with E-state index in [1.807, 2.05) is 38.7 Å². The molecule has 4 nitrogen and oxygen atoms in total. The first-order chi connectivity index (χ1) is 7.23. The molecule has 0 amide bonds. The van der Waals surface area contributed by atoms with Crippen molar-refractivity contribution < 1.29 is 5.11 Å². The number of aliphatic hydroxyl groups is 1. The van der Waals surface area contributed by atoms with E-state index >= 15 is 0 Å². The minimum absolute atomic E-state index is 0.0297. The number of aromatic nitrogens is 2. The van der Waals surface area contributed by atoms with E-state index in [2.05, 4.69) is 24.3 Å². The third-order valence-corrected chi connectivity index (χ3v) is 3.30.